The van der Waals surface area contributed by atoms with E-state index in [1.165, 1.54) is 18.5 Å². The van der Waals surface area contributed by atoms with Crippen LogP contribution in [0.4, 0.5) is 13.2 Å². The van der Waals surface area contributed by atoms with E-state index >= 15 is 0 Å². The molecule has 1 aromatic carbocycles. The van der Waals surface area contributed by atoms with Crippen LogP contribution >= 0.6 is 11.3 Å². The maximum Gasteiger partial charge on any atom is 0.416 e. The second-order valence-corrected chi connectivity index (χ2v) is 6.43. The van der Waals surface area contributed by atoms with Crippen molar-refractivity contribution in [3.05, 3.63) is 52.3 Å². The van der Waals surface area contributed by atoms with E-state index in [1.54, 1.807) is 13.8 Å². The summed E-state index contributed by atoms with van der Waals surface area (Å²) < 4.78 is 43.2. The van der Waals surface area contributed by atoms with Crippen molar-refractivity contribution >= 4 is 17.3 Å². The Morgan fingerprint density at radius 1 is 1.27 bits per heavy atom. The molecule has 3 aromatic rings. The van der Waals surface area contributed by atoms with Gasteiger partial charge >= 0.3 is 12.1 Å². The molecule has 0 saturated heterocycles. The van der Waals surface area contributed by atoms with Gasteiger partial charge in [0.1, 0.15) is 17.3 Å². The summed E-state index contributed by atoms with van der Waals surface area (Å²) in [5.41, 5.74) is 0.185. The lowest BCUT2D eigenvalue weighted by Gasteiger charge is -2.14. The van der Waals surface area contributed by atoms with E-state index in [0.717, 1.165) is 23.5 Å². The first-order valence-electron chi connectivity index (χ1n) is 7.47. The van der Waals surface area contributed by atoms with Crippen LogP contribution < -0.4 is 0 Å². The maximum absolute atomic E-state index is 12.6. The molecule has 0 aliphatic carbocycles. The second kappa shape index (κ2) is 6.87. The van der Waals surface area contributed by atoms with Gasteiger partial charge in [0, 0.05) is 0 Å². The van der Waals surface area contributed by atoms with E-state index in [4.69, 9.17) is 4.74 Å². The van der Waals surface area contributed by atoms with Gasteiger partial charge < -0.3 is 4.74 Å². The molecule has 0 saturated carbocycles. The van der Waals surface area contributed by atoms with Crippen molar-refractivity contribution in [1.82, 2.24) is 20.2 Å². The Morgan fingerprint density at radius 3 is 2.54 bits per heavy atom. The second-order valence-electron chi connectivity index (χ2n) is 5.43. The highest BCUT2D eigenvalue weighted by Crippen LogP contribution is 2.31. The molecule has 3 rings (SSSR count). The molecule has 1 atom stereocenters. The summed E-state index contributed by atoms with van der Waals surface area (Å²) in [5.74, 6) is -0.161. The quantitative estimate of drug-likeness (QED) is 0.685. The summed E-state index contributed by atoms with van der Waals surface area (Å²) in [7, 11) is 0. The average Bonchev–Trinajstić information content (AvgIpc) is 3.23. The fraction of sp³-hybridized carbons (Fsp3) is 0.250. The van der Waals surface area contributed by atoms with Crippen molar-refractivity contribution in [2.45, 2.75) is 26.1 Å². The molecule has 2 aromatic heterocycles. The number of carbonyl (C=O) groups is 1. The van der Waals surface area contributed by atoms with E-state index in [2.05, 4.69) is 20.2 Å². The largest absolute Gasteiger partial charge is 0.454 e. The Kier molecular flexibility index (Phi) is 4.77. The first-order valence-corrected chi connectivity index (χ1v) is 8.28. The number of nitrogens with one attached hydrogen (secondary N) is 1. The van der Waals surface area contributed by atoms with Crippen molar-refractivity contribution < 1.29 is 22.7 Å². The zero-order valence-corrected chi connectivity index (χ0v) is 14.5. The fourth-order valence-corrected chi connectivity index (χ4v) is 3.12. The van der Waals surface area contributed by atoms with E-state index in [0.29, 0.717) is 27.0 Å². The van der Waals surface area contributed by atoms with Crippen LogP contribution in [0.1, 0.15) is 39.5 Å². The van der Waals surface area contributed by atoms with Crippen molar-refractivity contribution in [2.24, 2.45) is 0 Å². The molecular formula is C16H13F3N4O2S. The van der Waals surface area contributed by atoms with Crippen molar-refractivity contribution in [3.63, 3.8) is 0 Å². The van der Waals surface area contributed by atoms with Gasteiger partial charge in [0.05, 0.1) is 11.3 Å². The number of thiazole rings is 1. The number of benzene rings is 1. The number of esters is 1. The normalized spacial score (nSPS) is 12.8. The molecule has 1 unspecified atom stereocenters. The van der Waals surface area contributed by atoms with E-state index < -0.39 is 23.8 Å². The number of ether oxygens (including phenoxy) is 1. The third kappa shape index (κ3) is 3.74. The van der Waals surface area contributed by atoms with Crippen LogP contribution in [0.5, 0.6) is 0 Å². The van der Waals surface area contributed by atoms with Crippen LogP contribution in [0.15, 0.2) is 30.6 Å². The van der Waals surface area contributed by atoms with E-state index in [-0.39, 0.29) is 0 Å². The Balaban J connectivity index is 1.73. The van der Waals surface area contributed by atoms with Gasteiger partial charge in [-0.1, -0.05) is 12.1 Å². The monoisotopic (exact) mass is 382 g/mol. The summed E-state index contributed by atoms with van der Waals surface area (Å²) in [6, 6.07) is 4.50. The summed E-state index contributed by atoms with van der Waals surface area (Å²) >= 11 is 1.10. The SMILES string of the molecule is Cc1nc(-c2ncn[nH]2)sc1C(=O)OC(C)c1ccc(C(F)(F)F)cc1. The highest BCUT2D eigenvalue weighted by Gasteiger charge is 2.30. The van der Waals surface area contributed by atoms with Crippen molar-refractivity contribution in [3.8, 4) is 10.8 Å². The molecule has 0 aliphatic rings. The molecule has 136 valence electrons. The number of carbonyl (C=O) groups excluding carboxylic acids is 1. The number of halogens is 3. The van der Waals surface area contributed by atoms with Crippen LogP contribution in [0.3, 0.4) is 0 Å². The Morgan fingerprint density at radius 2 is 1.96 bits per heavy atom. The van der Waals surface area contributed by atoms with Crippen LogP contribution in [0, 0.1) is 6.92 Å². The number of aromatic amines is 1. The van der Waals surface area contributed by atoms with Crippen molar-refractivity contribution in [2.75, 3.05) is 0 Å². The van der Waals surface area contributed by atoms with E-state index in [1.807, 2.05) is 0 Å². The lowest BCUT2D eigenvalue weighted by atomic mass is 10.1. The number of aromatic nitrogens is 4. The van der Waals surface area contributed by atoms with Gasteiger partial charge in [0.2, 0.25) is 0 Å². The number of aryl methyl sites for hydroxylation is 1. The Labute approximate surface area is 150 Å². The van der Waals surface area contributed by atoms with Gasteiger partial charge in [-0.25, -0.2) is 14.8 Å². The van der Waals surface area contributed by atoms with Crippen molar-refractivity contribution in [1.29, 1.82) is 0 Å². The number of hydrogen-bond donors (Lipinski definition) is 1. The minimum atomic E-state index is -4.41. The van der Waals surface area contributed by atoms with Gasteiger partial charge in [-0.05, 0) is 31.5 Å². The predicted octanol–water partition coefficient (Wildman–Crippen LogP) is 4.17. The van der Waals surface area contributed by atoms with Gasteiger partial charge in [0.15, 0.2) is 10.8 Å². The number of nitrogens with zero attached hydrogens (tertiary/aromatic N) is 3. The Bertz CT molecular complexity index is 905. The molecule has 26 heavy (non-hydrogen) atoms. The van der Waals surface area contributed by atoms with Crippen LogP contribution in [0.2, 0.25) is 0 Å². The molecule has 0 bridgehead atoms. The summed E-state index contributed by atoms with van der Waals surface area (Å²) in [6.45, 7) is 3.25. The lowest BCUT2D eigenvalue weighted by molar-refractivity contribution is -0.137. The summed E-state index contributed by atoms with van der Waals surface area (Å²) in [4.78, 5) is 20.9. The molecule has 0 fully saturated rings. The van der Waals surface area contributed by atoms with Crippen LogP contribution in [0.25, 0.3) is 10.8 Å². The highest BCUT2D eigenvalue weighted by atomic mass is 32.1. The third-order valence-corrected chi connectivity index (χ3v) is 4.74. The van der Waals surface area contributed by atoms with Gasteiger partial charge in [-0.2, -0.15) is 18.3 Å². The first-order chi connectivity index (χ1) is 12.3. The molecule has 0 radical (unpaired) electrons. The standard InChI is InChI=1S/C16H13F3N4O2S/c1-8-12(26-14(22-8)13-20-7-21-23-13)15(24)25-9(2)10-3-5-11(6-4-10)16(17,18)19/h3-7,9H,1-2H3,(H,20,21,23). The summed E-state index contributed by atoms with van der Waals surface area (Å²) in [5, 5.41) is 6.88. The van der Waals surface area contributed by atoms with Gasteiger partial charge in [0.25, 0.3) is 0 Å². The topological polar surface area (TPSA) is 80.8 Å². The minimum absolute atomic E-state index is 0.301. The van der Waals surface area contributed by atoms with E-state index in [9.17, 15) is 18.0 Å². The fourth-order valence-electron chi connectivity index (χ4n) is 2.22. The Hall–Kier alpha value is -2.75. The van der Waals surface area contributed by atoms with Crippen LogP contribution in [-0.4, -0.2) is 26.1 Å². The van der Waals surface area contributed by atoms with Gasteiger partial charge in [-0.3, -0.25) is 5.10 Å². The van der Waals surface area contributed by atoms with Gasteiger partial charge in [-0.15, -0.1) is 11.3 Å². The molecule has 1 N–H and O–H groups in total. The molecule has 6 nitrogen and oxygen atoms in total. The smallest absolute Gasteiger partial charge is 0.416 e. The number of alkyl halides is 3. The molecular weight excluding hydrogens is 369 g/mol. The first kappa shape index (κ1) is 18.1. The number of H-pyrrole nitrogens is 1. The highest BCUT2D eigenvalue weighted by molar-refractivity contribution is 7.16. The molecule has 0 spiro atoms. The average molecular weight is 382 g/mol. The number of rotatable bonds is 4. The molecule has 0 aliphatic heterocycles. The number of hydrogen-bond acceptors (Lipinski definition) is 6. The lowest BCUT2D eigenvalue weighted by Crippen LogP contribution is -2.10. The zero-order chi connectivity index (χ0) is 18.9. The molecule has 10 heteroatoms. The summed E-state index contributed by atoms with van der Waals surface area (Å²) in [6.07, 6.45) is -3.79. The third-order valence-electron chi connectivity index (χ3n) is 3.59. The zero-order valence-electron chi connectivity index (χ0n) is 13.7. The molecule has 2 heterocycles. The van der Waals surface area contributed by atoms with Crippen LogP contribution in [-0.2, 0) is 10.9 Å². The maximum atomic E-state index is 12.6. The molecule has 0 amide bonds. The minimum Gasteiger partial charge on any atom is -0.454 e. The predicted molar refractivity (Wildman–Crippen MR) is 87.5 cm³/mol.